The molecule has 0 N–H and O–H groups in total. The maximum atomic E-state index is 12.9. The van der Waals surface area contributed by atoms with Gasteiger partial charge in [-0.3, -0.25) is 0 Å². The molecule has 0 aliphatic carbocycles. The number of nitrogens with zero attached hydrogens (tertiary/aromatic N) is 1. The molecule has 1 aliphatic heterocycles. The van der Waals surface area contributed by atoms with Gasteiger partial charge in [0.15, 0.2) is 11.5 Å². The summed E-state index contributed by atoms with van der Waals surface area (Å²) < 4.78 is 18.3. The van der Waals surface area contributed by atoms with Crippen molar-refractivity contribution in [3.05, 3.63) is 59.8 Å². The molecule has 5 heteroatoms. The number of benzene rings is 2. The van der Waals surface area contributed by atoms with Gasteiger partial charge in [-0.1, -0.05) is 30.3 Å². The summed E-state index contributed by atoms with van der Waals surface area (Å²) >= 11 is 0. The highest BCUT2D eigenvalue weighted by Crippen LogP contribution is 2.37. The van der Waals surface area contributed by atoms with Gasteiger partial charge in [-0.15, -0.1) is 0 Å². The van der Waals surface area contributed by atoms with Crippen LogP contribution in [0, 0.1) is 0 Å². The van der Waals surface area contributed by atoms with Gasteiger partial charge >= 0.3 is 6.09 Å². The summed E-state index contributed by atoms with van der Waals surface area (Å²) in [4.78, 5) is 12.9. The van der Waals surface area contributed by atoms with Crippen LogP contribution in [0.3, 0.4) is 0 Å². The van der Waals surface area contributed by atoms with Crippen LogP contribution in [0.1, 0.15) is 32.0 Å². The van der Waals surface area contributed by atoms with Crippen molar-refractivity contribution in [3.63, 3.8) is 0 Å². The zero-order chi connectivity index (χ0) is 19.0. The van der Waals surface area contributed by atoms with Crippen molar-refractivity contribution in [1.82, 2.24) is 4.57 Å². The van der Waals surface area contributed by atoms with Crippen LogP contribution in [0.25, 0.3) is 10.9 Å². The van der Waals surface area contributed by atoms with Crippen LogP contribution in [-0.4, -0.2) is 23.1 Å². The number of hydrogen-bond acceptors (Lipinski definition) is 4. The molecule has 1 aliphatic rings. The highest BCUT2D eigenvalue weighted by molar-refractivity contribution is 5.93. The highest BCUT2D eigenvalue weighted by atomic mass is 16.7. The Balaban J connectivity index is 1.74. The first-order valence-corrected chi connectivity index (χ1v) is 9.12. The number of fused-ring (bicyclic) bond motifs is 2. The Labute approximate surface area is 158 Å². The molecule has 5 nitrogen and oxygen atoms in total. The molecular weight excluding hydrogens is 342 g/mol. The number of rotatable bonds is 3. The largest absolute Gasteiger partial charge is 0.454 e. The van der Waals surface area contributed by atoms with Crippen LogP contribution in [0.5, 0.6) is 11.5 Å². The second kappa shape index (κ2) is 6.65. The molecule has 1 aromatic heterocycles. The SMILES string of the molecule is CC(C)(C)OC(=O)n1c(CCc2ccccc2)cc2cc3c(cc21)OCO3. The lowest BCUT2D eigenvalue weighted by Crippen LogP contribution is -2.28. The molecule has 0 spiro atoms. The van der Waals surface area contributed by atoms with Crippen molar-refractivity contribution in [2.45, 2.75) is 39.2 Å². The fourth-order valence-electron chi connectivity index (χ4n) is 3.28. The molecule has 27 heavy (non-hydrogen) atoms. The van der Waals surface area contributed by atoms with Gasteiger partial charge in [-0.25, -0.2) is 9.36 Å². The van der Waals surface area contributed by atoms with Crippen molar-refractivity contribution in [2.24, 2.45) is 0 Å². The molecule has 2 heterocycles. The number of ether oxygens (including phenoxy) is 3. The normalized spacial score (nSPS) is 13.1. The molecule has 0 radical (unpaired) electrons. The first kappa shape index (κ1) is 17.5. The monoisotopic (exact) mass is 365 g/mol. The number of aryl methyl sites for hydroxylation is 2. The summed E-state index contributed by atoms with van der Waals surface area (Å²) in [5.74, 6) is 1.36. The second-order valence-electron chi connectivity index (χ2n) is 7.70. The smallest absolute Gasteiger partial charge is 0.419 e. The average Bonchev–Trinajstić information content (AvgIpc) is 3.20. The zero-order valence-corrected chi connectivity index (χ0v) is 15.8. The van der Waals surface area contributed by atoms with Gasteiger partial charge in [-0.05, 0) is 51.3 Å². The van der Waals surface area contributed by atoms with Crippen molar-refractivity contribution in [1.29, 1.82) is 0 Å². The minimum absolute atomic E-state index is 0.204. The van der Waals surface area contributed by atoms with Crippen molar-refractivity contribution >= 4 is 17.0 Å². The lowest BCUT2D eigenvalue weighted by atomic mass is 10.1. The van der Waals surface area contributed by atoms with Crippen LogP contribution < -0.4 is 9.47 Å². The predicted octanol–water partition coefficient (Wildman–Crippen LogP) is 4.94. The predicted molar refractivity (Wildman–Crippen MR) is 104 cm³/mol. The molecular formula is C22H23NO4. The first-order chi connectivity index (χ1) is 12.9. The minimum atomic E-state index is -0.569. The van der Waals surface area contributed by atoms with Gasteiger partial charge < -0.3 is 14.2 Å². The van der Waals surface area contributed by atoms with E-state index in [1.54, 1.807) is 4.57 Å². The third kappa shape index (κ3) is 3.63. The van der Waals surface area contributed by atoms with Crippen molar-refractivity contribution in [3.8, 4) is 11.5 Å². The average molecular weight is 365 g/mol. The second-order valence-corrected chi connectivity index (χ2v) is 7.70. The summed E-state index contributed by atoms with van der Waals surface area (Å²) in [6.45, 7) is 5.81. The van der Waals surface area contributed by atoms with E-state index in [9.17, 15) is 4.79 Å². The van der Waals surface area contributed by atoms with E-state index in [1.165, 1.54) is 5.56 Å². The molecule has 0 saturated carbocycles. The standard InChI is InChI=1S/C22H23NO4/c1-22(2,3)27-21(24)23-17(10-9-15-7-5-4-6-8-15)11-16-12-19-20(13-18(16)23)26-14-25-19/h4-8,11-13H,9-10,14H2,1-3H3. The number of carbonyl (C=O) groups is 1. The van der Waals surface area contributed by atoms with E-state index in [0.29, 0.717) is 11.5 Å². The Kier molecular flexibility index (Phi) is 4.30. The molecule has 0 fully saturated rings. The fourth-order valence-corrected chi connectivity index (χ4v) is 3.28. The number of aromatic nitrogens is 1. The van der Waals surface area contributed by atoms with Gasteiger partial charge in [0.2, 0.25) is 6.79 Å². The quantitative estimate of drug-likeness (QED) is 0.660. The Morgan fingerprint density at radius 3 is 2.44 bits per heavy atom. The molecule has 3 aromatic rings. The Hall–Kier alpha value is -2.95. The molecule has 0 bridgehead atoms. The van der Waals surface area contributed by atoms with Gasteiger partial charge in [0.05, 0.1) is 5.52 Å². The molecule has 0 unspecified atom stereocenters. The van der Waals surface area contributed by atoms with Gasteiger partial charge in [0.1, 0.15) is 5.60 Å². The molecule has 0 amide bonds. The molecule has 140 valence electrons. The highest BCUT2D eigenvalue weighted by Gasteiger charge is 2.24. The van der Waals surface area contributed by atoms with E-state index in [0.717, 1.165) is 29.4 Å². The molecule has 0 saturated heterocycles. The third-order valence-corrected chi connectivity index (χ3v) is 4.46. The number of hydrogen-bond donors (Lipinski definition) is 0. The summed E-state index contributed by atoms with van der Waals surface area (Å²) in [7, 11) is 0. The topological polar surface area (TPSA) is 49.7 Å². The molecule has 0 atom stereocenters. The first-order valence-electron chi connectivity index (χ1n) is 9.12. The Morgan fingerprint density at radius 1 is 1.04 bits per heavy atom. The van der Waals surface area contributed by atoms with E-state index in [4.69, 9.17) is 14.2 Å². The summed E-state index contributed by atoms with van der Waals surface area (Å²) in [6, 6.07) is 16.0. The van der Waals surface area contributed by atoms with Gasteiger partial charge in [0.25, 0.3) is 0 Å². The van der Waals surface area contributed by atoms with E-state index in [1.807, 2.05) is 57.2 Å². The third-order valence-electron chi connectivity index (χ3n) is 4.46. The van der Waals surface area contributed by atoms with Crippen LogP contribution >= 0.6 is 0 Å². The lowest BCUT2D eigenvalue weighted by Gasteiger charge is -2.21. The minimum Gasteiger partial charge on any atom is -0.454 e. The molecule has 2 aromatic carbocycles. The Morgan fingerprint density at radius 2 is 1.74 bits per heavy atom. The lowest BCUT2D eigenvalue weighted by molar-refractivity contribution is 0.0540. The van der Waals surface area contributed by atoms with E-state index < -0.39 is 5.60 Å². The van der Waals surface area contributed by atoms with Crippen LogP contribution in [0.15, 0.2) is 48.5 Å². The van der Waals surface area contributed by atoms with Gasteiger partial charge in [0, 0.05) is 17.1 Å². The Bertz CT molecular complexity index is 983. The summed E-state index contributed by atoms with van der Waals surface area (Å²) in [6.07, 6.45) is 1.19. The van der Waals surface area contributed by atoms with Crippen molar-refractivity contribution < 1.29 is 19.0 Å². The van der Waals surface area contributed by atoms with Crippen molar-refractivity contribution in [2.75, 3.05) is 6.79 Å². The summed E-state index contributed by atoms with van der Waals surface area (Å²) in [5, 5.41) is 0.938. The van der Waals surface area contributed by atoms with E-state index in [-0.39, 0.29) is 12.9 Å². The van der Waals surface area contributed by atoms with Gasteiger partial charge in [-0.2, -0.15) is 0 Å². The number of carbonyl (C=O) groups excluding carboxylic acids is 1. The molecule has 4 rings (SSSR count). The maximum absolute atomic E-state index is 12.9. The zero-order valence-electron chi connectivity index (χ0n) is 15.8. The fraction of sp³-hybridized carbons (Fsp3) is 0.318. The summed E-state index contributed by atoms with van der Waals surface area (Å²) in [5.41, 5.74) is 2.34. The van der Waals surface area contributed by atoms with E-state index >= 15 is 0 Å². The van der Waals surface area contributed by atoms with Crippen LogP contribution in [0.4, 0.5) is 4.79 Å². The van der Waals surface area contributed by atoms with Crippen LogP contribution in [0.2, 0.25) is 0 Å². The van der Waals surface area contributed by atoms with Crippen LogP contribution in [-0.2, 0) is 17.6 Å². The van der Waals surface area contributed by atoms with E-state index in [2.05, 4.69) is 12.1 Å². The maximum Gasteiger partial charge on any atom is 0.419 e.